The van der Waals surface area contributed by atoms with Gasteiger partial charge in [0.15, 0.2) is 5.65 Å². The average molecular weight is 371 g/mol. The molecule has 4 aromatic rings. The number of aromatic hydroxyl groups is 1. The average Bonchev–Trinajstić information content (AvgIpc) is 3.10. The molecule has 0 bridgehead atoms. The Bertz CT molecular complexity index is 1180. The van der Waals surface area contributed by atoms with Crippen molar-refractivity contribution in [2.24, 2.45) is 0 Å². The highest BCUT2D eigenvalue weighted by atomic mass is 16.3. The lowest BCUT2D eigenvalue weighted by molar-refractivity contribution is -0.111. The fraction of sp³-hybridized carbons (Fsp3) is 0. The van der Waals surface area contributed by atoms with Gasteiger partial charge in [0.05, 0.1) is 0 Å². The van der Waals surface area contributed by atoms with E-state index in [2.05, 4.69) is 27.3 Å². The van der Waals surface area contributed by atoms with E-state index in [1.807, 2.05) is 30.3 Å². The molecule has 0 saturated heterocycles. The maximum Gasteiger partial charge on any atom is 0.247 e. The molecular weight excluding hydrogens is 354 g/mol. The number of carbonyl (C=O) groups is 1. The van der Waals surface area contributed by atoms with Crippen LogP contribution >= 0.6 is 0 Å². The van der Waals surface area contributed by atoms with E-state index in [4.69, 9.17) is 0 Å². The Kier molecular flexibility index (Phi) is 4.47. The minimum absolute atomic E-state index is 0.191. The first-order chi connectivity index (χ1) is 13.6. The third-order valence-corrected chi connectivity index (χ3v) is 4.09. The minimum Gasteiger partial charge on any atom is -0.508 e. The zero-order valence-corrected chi connectivity index (χ0v) is 14.8. The predicted molar refractivity (Wildman–Crippen MR) is 109 cm³/mol. The molecule has 0 fully saturated rings. The summed E-state index contributed by atoms with van der Waals surface area (Å²) in [4.78, 5) is 16.0. The molecule has 7 nitrogen and oxygen atoms in total. The van der Waals surface area contributed by atoms with Gasteiger partial charge in [0, 0.05) is 23.1 Å². The summed E-state index contributed by atoms with van der Waals surface area (Å²) in [6, 6.07) is 18.0. The highest BCUT2D eigenvalue weighted by Gasteiger charge is 2.10. The van der Waals surface area contributed by atoms with Gasteiger partial charge in [-0.05, 0) is 54.1 Å². The van der Waals surface area contributed by atoms with Crippen LogP contribution < -0.4 is 10.6 Å². The number of aromatic nitrogens is 3. The number of hydrogen-bond acceptors (Lipinski definition) is 5. The van der Waals surface area contributed by atoms with Crippen LogP contribution in [-0.2, 0) is 4.79 Å². The summed E-state index contributed by atoms with van der Waals surface area (Å²) in [7, 11) is 0. The lowest BCUT2D eigenvalue weighted by atomic mass is 10.1. The minimum atomic E-state index is -0.279. The zero-order chi connectivity index (χ0) is 19.5. The van der Waals surface area contributed by atoms with E-state index in [1.54, 1.807) is 41.0 Å². The largest absolute Gasteiger partial charge is 0.508 e. The van der Waals surface area contributed by atoms with Crippen LogP contribution in [0.15, 0.2) is 79.5 Å². The van der Waals surface area contributed by atoms with Gasteiger partial charge in [-0.2, -0.15) is 4.98 Å². The summed E-state index contributed by atoms with van der Waals surface area (Å²) in [5.74, 6) is 0.328. The summed E-state index contributed by atoms with van der Waals surface area (Å²) in [6.07, 6.45) is 3.02. The second kappa shape index (κ2) is 7.24. The summed E-state index contributed by atoms with van der Waals surface area (Å²) in [5, 5.41) is 20.1. The fourth-order valence-electron chi connectivity index (χ4n) is 2.86. The van der Waals surface area contributed by atoms with Crippen molar-refractivity contribution < 1.29 is 9.90 Å². The van der Waals surface area contributed by atoms with Gasteiger partial charge in [0.2, 0.25) is 11.9 Å². The van der Waals surface area contributed by atoms with Gasteiger partial charge < -0.3 is 15.7 Å². The third kappa shape index (κ3) is 3.54. The number of amides is 1. The molecule has 2 aromatic heterocycles. The Hall–Kier alpha value is -4.13. The lowest BCUT2D eigenvalue weighted by Gasteiger charge is -2.05. The van der Waals surface area contributed by atoms with Crippen molar-refractivity contribution in [1.82, 2.24) is 14.6 Å². The monoisotopic (exact) mass is 371 g/mol. The van der Waals surface area contributed by atoms with Gasteiger partial charge in [-0.15, -0.1) is 5.10 Å². The first kappa shape index (κ1) is 17.3. The molecule has 138 valence electrons. The molecule has 28 heavy (non-hydrogen) atoms. The topological polar surface area (TPSA) is 91.5 Å². The highest BCUT2D eigenvalue weighted by molar-refractivity contribution is 5.99. The van der Waals surface area contributed by atoms with Crippen molar-refractivity contribution in [3.63, 3.8) is 0 Å². The molecule has 0 radical (unpaired) electrons. The number of phenolic OH excluding ortho intramolecular Hbond substituents is 1. The van der Waals surface area contributed by atoms with E-state index in [0.717, 1.165) is 16.8 Å². The highest BCUT2D eigenvalue weighted by Crippen LogP contribution is 2.27. The zero-order valence-electron chi connectivity index (χ0n) is 14.8. The summed E-state index contributed by atoms with van der Waals surface area (Å²) in [5.41, 5.74) is 3.73. The molecule has 0 aliphatic rings. The number of anilines is 3. The van der Waals surface area contributed by atoms with Gasteiger partial charge in [0.1, 0.15) is 5.75 Å². The van der Waals surface area contributed by atoms with Crippen LogP contribution in [0, 0.1) is 0 Å². The molecule has 0 unspecified atom stereocenters. The molecule has 2 heterocycles. The molecule has 1 amide bonds. The Balaban J connectivity index is 1.66. The van der Waals surface area contributed by atoms with Gasteiger partial charge in [-0.1, -0.05) is 24.8 Å². The molecule has 7 heteroatoms. The van der Waals surface area contributed by atoms with Crippen LogP contribution in [0.1, 0.15) is 0 Å². The van der Waals surface area contributed by atoms with Crippen LogP contribution in [-0.4, -0.2) is 25.6 Å². The summed E-state index contributed by atoms with van der Waals surface area (Å²) in [6.45, 7) is 3.44. The lowest BCUT2D eigenvalue weighted by Crippen LogP contribution is -2.07. The van der Waals surface area contributed by atoms with E-state index in [0.29, 0.717) is 17.3 Å². The fourth-order valence-corrected chi connectivity index (χ4v) is 2.86. The van der Waals surface area contributed by atoms with E-state index in [-0.39, 0.29) is 11.7 Å². The van der Waals surface area contributed by atoms with Gasteiger partial charge in [0.25, 0.3) is 0 Å². The second-order valence-electron chi connectivity index (χ2n) is 6.07. The normalized spacial score (nSPS) is 10.6. The molecule has 3 N–H and O–H groups in total. The van der Waals surface area contributed by atoms with E-state index >= 15 is 0 Å². The Morgan fingerprint density at radius 3 is 2.71 bits per heavy atom. The SMILES string of the molecule is C=CC(=O)Nc1cccc(Nc2nc3c(-c4cccc(O)c4)cccn3n2)c1. The number of rotatable bonds is 5. The van der Waals surface area contributed by atoms with E-state index < -0.39 is 0 Å². The molecule has 0 aliphatic carbocycles. The van der Waals surface area contributed by atoms with Crippen molar-refractivity contribution in [3.8, 4) is 16.9 Å². The number of carbonyl (C=O) groups excluding carboxylic acids is 1. The number of hydrogen-bond donors (Lipinski definition) is 3. The summed E-state index contributed by atoms with van der Waals surface area (Å²) >= 11 is 0. The van der Waals surface area contributed by atoms with Crippen LogP contribution in [0.25, 0.3) is 16.8 Å². The molecule has 0 saturated carbocycles. The van der Waals surface area contributed by atoms with E-state index in [9.17, 15) is 9.90 Å². The number of fused-ring (bicyclic) bond motifs is 1. The standard InChI is InChI=1S/C21H17N5O2/c1-2-19(28)22-15-7-4-8-16(13-15)23-21-24-20-18(10-5-11-26(20)25-21)14-6-3-9-17(27)12-14/h2-13,27H,1H2,(H,22,28)(H,23,25). The number of nitrogens with one attached hydrogen (secondary N) is 2. The number of phenols is 1. The first-order valence-electron chi connectivity index (χ1n) is 8.58. The third-order valence-electron chi connectivity index (χ3n) is 4.09. The number of pyridine rings is 1. The molecular formula is C21H17N5O2. The van der Waals surface area contributed by atoms with Crippen molar-refractivity contribution >= 4 is 28.9 Å². The maximum absolute atomic E-state index is 11.5. The Labute approximate surface area is 161 Å². The second-order valence-corrected chi connectivity index (χ2v) is 6.07. The molecule has 0 spiro atoms. The van der Waals surface area contributed by atoms with Crippen LogP contribution in [0.4, 0.5) is 17.3 Å². The predicted octanol–water partition coefficient (Wildman–Crippen LogP) is 3.97. The van der Waals surface area contributed by atoms with Gasteiger partial charge >= 0.3 is 0 Å². The Morgan fingerprint density at radius 1 is 1.07 bits per heavy atom. The van der Waals surface area contributed by atoms with Crippen molar-refractivity contribution in [2.75, 3.05) is 10.6 Å². The number of benzene rings is 2. The molecule has 4 rings (SSSR count). The molecule has 0 atom stereocenters. The first-order valence-corrected chi connectivity index (χ1v) is 8.58. The molecule has 0 aliphatic heterocycles. The van der Waals surface area contributed by atoms with Gasteiger partial charge in [-0.3, -0.25) is 4.79 Å². The van der Waals surface area contributed by atoms with Crippen molar-refractivity contribution in [3.05, 3.63) is 79.5 Å². The van der Waals surface area contributed by atoms with Crippen LogP contribution in [0.3, 0.4) is 0 Å². The molecule has 2 aromatic carbocycles. The quantitative estimate of drug-likeness (QED) is 0.462. The van der Waals surface area contributed by atoms with Crippen LogP contribution in [0.2, 0.25) is 0 Å². The summed E-state index contributed by atoms with van der Waals surface area (Å²) < 4.78 is 1.67. The number of nitrogens with zero attached hydrogens (tertiary/aromatic N) is 3. The van der Waals surface area contributed by atoms with E-state index in [1.165, 1.54) is 6.08 Å². The maximum atomic E-state index is 11.5. The van der Waals surface area contributed by atoms with Crippen LogP contribution in [0.5, 0.6) is 5.75 Å². The van der Waals surface area contributed by atoms with Crippen molar-refractivity contribution in [2.45, 2.75) is 0 Å². The Morgan fingerprint density at radius 2 is 1.89 bits per heavy atom. The smallest absolute Gasteiger partial charge is 0.247 e. The van der Waals surface area contributed by atoms with Gasteiger partial charge in [-0.25, -0.2) is 4.52 Å². The van der Waals surface area contributed by atoms with Crippen molar-refractivity contribution in [1.29, 1.82) is 0 Å².